The van der Waals surface area contributed by atoms with Crippen molar-refractivity contribution in [3.8, 4) is 11.5 Å². The Bertz CT molecular complexity index is 916. The monoisotopic (exact) mass is 535 g/mol. The van der Waals surface area contributed by atoms with Crippen molar-refractivity contribution >= 4 is 23.9 Å². The van der Waals surface area contributed by atoms with Gasteiger partial charge in [-0.25, -0.2) is 0 Å². The lowest BCUT2D eigenvalue weighted by Crippen LogP contribution is -2.42. The highest BCUT2D eigenvalue weighted by Gasteiger charge is 2.24. The van der Waals surface area contributed by atoms with E-state index in [4.69, 9.17) is 14.2 Å². The average Bonchev–Trinajstić information content (AvgIpc) is 2.86. The summed E-state index contributed by atoms with van der Waals surface area (Å²) in [6.45, 7) is 11.3. The molecule has 1 rings (SSSR count). The lowest BCUT2D eigenvalue weighted by Gasteiger charge is -2.20. The summed E-state index contributed by atoms with van der Waals surface area (Å²) in [5.74, 6) is -2.73. The van der Waals surface area contributed by atoms with E-state index in [0.29, 0.717) is 24.8 Å². The van der Waals surface area contributed by atoms with E-state index in [1.807, 2.05) is 20.8 Å². The molecule has 1 aromatic carbocycles. The molecule has 0 spiro atoms. The van der Waals surface area contributed by atoms with E-state index in [1.165, 1.54) is 12.1 Å². The van der Waals surface area contributed by atoms with Crippen LogP contribution < -0.4 is 14.8 Å². The van der Waals surface area contributed by atoms with Gasteiger partial charge in [-0.3, -0.25) is 19.2 Å². The summed E-state index contributed by atoms with van der Waals surface area (Å²) in [5.41, 5.74) is 0.574. The minimum Gasteiger partial charge on any atom is -0.480 e. The zero-order valence-corrected chi connectivity index (χ0v) is 23.7. The third-order valence-electron chi connectivity index (χ3n) is 6.13. The molecule has 0 saturated carbocycles. The van der Waals surface area contributed by atoms with Crippen LogP contribution in [-0.2, 0) is 30.3 Å². The third kappa shape index (κ3) is 12.1. The first-order valence-electron chi connectivity index (χ1n) is 13.7. The van der Waals surface area contributed by atoms with Gasteiger partial charge in [0.2, 0.25) is 0 Å². The number of ether oxygens (including phenoxy) is 3. The Morgan fingerprint density at radius 2 is 1.45 bits per heavy atom. The molecule has 9 nitrogen and oxygen atoms in total. The number of esters is 3. The maximum absolute atomic E-state index is 12.6. The summed E-state index contributed by atoms with van der Waals surface area (Å²) in [7, 11) is 0. The van der Waals surface area contributed by atoms with Crippen LogP contribution in [0.3, 0.4) is 0 Å². The van der Waals surface area contributed by atoms with Crippen LogP contribution in [0, 0.1) is 11.8 Å². The van der Waals surface area contributed by atoms with Crippen LogP contribution in [0.4, 0.5) is 0 Å². The molecule has 2 N–H and O–H groups in total. The van der Waals surface area contributed by atoms with Gasteiger partial charge in [-0.2, -0.15) is 0 Å². The molecule has 3 unspecified atom stereocenters. The van der Waals surface area contributed by atoms with Gasteiger partial charge in [0.05, 0.1) is 11.8 Å². The van der Waals surface area contributed by atoms with E-state index in [2.05, 4.69) is 5.32 Å². The van der Waals surface area contributed by atoms with Gasteiger partial charge in [-0.1, -0.05) is 59.9 Å². The number of aliphatic carboxylic acids is 1. The number of rotatable bonds is 18. The molecular weight excluding hydrogens is 490 g/mol. The molecule has 0 aromatic heterocycles. The van der Waals surface area contributed by atoms with E-state index in [-0.39, 0.29) is 42.3 Å². The maximum atomic E-state index is 12.6. The molecule has 0 amide bonds. The fourth-order valence-electron chi connectivity index (χ4n) is 3.80. The summed E-state index contributed by atoms with van der Waals surface area (Å²) < 4.78 is 16.5. The molecule has 0 heterocycles. The van der Waals surface area contributed by atoms with Crippen LogP contribution in [0.5, 0.6) is 11.5 Å². The van der Waals surface area contributed by atoms with Crippen molar-refractivity contribution in [2.45, 2.75) is 105 Å². The van der Waals surface area contributed by atoms with Gasteiger partial charge >= 0.3 is 23.9 Å². The summed E-state index contributed by atoms with van der Waals surface area (Å²) >= 11 is 0. The van der Waals surface area contributed by atoms with Crippen molar-refractivity contribution in [1.29, 1.82) is 0 Å². The van der Waals surface area contributed by atoms with Crippen molar-refractivity contribution in [1.82, 2.24) is 5.32 Å². The molecule has 4 atom stereocenters. The van der Waals surface area contributed by atoms with Crippen molar-refractivity contribution in [3.05, 3.63) is 23.8 Å². The number of carbonyl (C=O) groups excluding carboxylic acids is 3. The average molecular weight is 536 g/mol. The predicted molar refractivity (Wildman–Crippen MR) is 144 cm³/mol. The molecule has 0 aliphatic rings. The summed E-state index contributed by atoms with van der Waals surface area (Å²) in [5, 5.41) is 12.7. The number of unbranched alkanes of at least 4 members (excludes halogenated alkanes) is 1. The van der Waals surface area contributed by atoms with Crippen molar-refractivity contribution in [2.75, 3.05) is 6.54 Å². The van der Waals surface area contributed by atoms with E-state index in [9.17, 15) is 24.3 Å². The summed E-state index contributed by atoms with van der Waals surface area (Å²) in [4.78, 5) is 48.9. The Morgan fingerprint density at radius 3 is 1.97 bits per heavy atom. The second-order valence-corrected chi connectivity index (χ2v) is 9.91. The topological polar surface area (TPSA) is 128 Å². The molecule has 0 radical (unpaired) electrons. The molecule has 9 heteroatoms. The van der Waals surface area contributed by atoms with E-state index < -0.39 is 30.1 Å². The van der Waals surface area contributed by atoms with Gasteiger partial charge in [0.1, 0.15) is 12.1 Å². The third-order valence-corrected chi connectivity index (χ3v) is 6.13. The highest BCUT2D eigenvalue weighted by Crippen LogP contribution is 2.31. The number of carboxylic acid groups (broad SMARTS) is 1. The summed E-state index contributed by atoms with van der Waals surface area (Å²) in [6, 6.07) is 3.73. The van der Waals surface area contributed by atoms with Crippen molar-refractivity contribution in [2.24, 2.45) is 11.8 Å². The number of benzene rings is 1. The van der Waals surface area contributed by atoms with Crippen LogP contribution in [0.1, 0.15) is 92.1 Å². The van der Waals surface area contributed by atoms with Gasteiger partial charge in [0.15, 0.2) is 11.5 Å². The molecule has 0 bridgehead atoms. The van der Waals surface area contributed by atoms with Crippen LogP contribution >= 0.6 is 0 Å². The maximum Gasteiger partial charge on any atom is 0.321 e. The van der Waals surface area contributed by atoms with Gasteiger partial charge in [-0.05, 0) is 50.3 Å². The van der Waals surface area contributed by atoms with Gasteiger partial charge < -0.3 is 24.6 Å². The van der Waals surface area contributed by atoms with Gasteiger partial charge in [0.25, 0.3) is 0 Å². The Labute approximate surface area is 226 Å². The lowest BCUT2D eigenvalue weighted by atomic mass is 10.0. The number of carbonyl (C=O) groups is 4. The Morgan fingerprint density at radius 1 is 0.868 bits per heavy atom. The number of hydrogen-bond acceptors (Lipinski definition) is 8. The first-order chi connectivity index (χ1) is 18.0. The highest BCUT2D eigenvalue weighted by molar-refractivity contribution is 5.78. The fourth-order valence-corrected chi connectivity index (χ4v) is 3.80. The molecule has 1 aromatic rings. The standard InChI is InChI=1S/C29H45NO8/c1-7-10-13-26(31)36-21(6)18-30-23(27(32)33)16-22-14-15-24(37-28(34)19(4)11-8-2)25(17-22)38-29(35)20(5)12-9-3/h14-15,17,19-21,23,30H,7-13,16,18H2,1-6H3,(H,32,33)/t19?,20?,21?,23-/m0/s1. The zero-order valence-electron chi connectivity index (χ0n) is 23.7. The molecule has 0 aliphatic carbocycles. The van der Waals surface area contributed by atoms with E-state index in [1.54, 1.807) is 26.8 Å². The minimum atomic E-state index is -1.08. The first kappa shape index (κ1) is 33.1. The quantitative estimate of drug-likeness (QED) is 0.195. The van der Waals surface area contributed by atoms with Crippen molar-refractivity contribution < 1.29 is 38.5 Å². The van der Waals surface area contributed by atoms with Gasteiger partial charge in [-0.15, -0.1) is 0 Å². The second kappa shape index (κ2) is 17.5. The van der Waals surface area contributed by atoms with Crippen LogP contribution in [0.2, 0.25) is 0 Å². The highest BCUT2D eigenvalue weighted by atomic mass is 16.6. The largest absolute Gasteiger partial charge is 0.480 e. The molecule has 0 fully saturated rings. The van der Waals surface area contributed by atoms with Crippen molar-refractivity contribution in [3.63, 3.8) is 0 Å². The molecule has 0 aliphatic heterocycles. The second-order valence-electron chi connectivity index (χ2n) is 9.91. The summed E-state index contributed by atoms with van der Waals surface area (Å²) in [6.07, 6.45) is 4.47. The minimum absolute atomic E-state index is 0.0708. The Kier molecular flexibility index (Phi) is 15.3. The molecule has 0 saturated heterocycles. The van der Waals surface area contributed by atoms with E-state index in [0.717, 1.165) is 25.7 Å². The van der Waals surface area contributed by atoms with Crippen LogP contribution in [0.15, 0.2) is 18.2 Å². The first-order valence-corrected chi connectivity index (χ1v) is 13.7. The predicted octanol–water partition coefficient (Wildman–Crippen LogP) is 5.08. The smallest absolute Gasteiger partial charge is 0.321 e. The van der Waals surface area contributed by atoms with E-state index >= 15 is 0 Å². The lowest BCUT2D eigenvalue weighted by molar-refractivity contribution is -0.148. The SMILES string of the molecule is CCCCC(=O)OC(C)CN[C@@H](Cc1ccc(OC(=O)C(C)CCC)c(OC(=O)C(C)CCC)c1)C(=O)O. The molecule has 38 heavy (non-hydrogen) atoms. The molecular formula is C29H45NO8. The Hall–Kier alpha value is -2.94. The normalized spacial score (nSPS) is 14.2. The number of nitrogens with one attached hydrogen (secondary N) is 1. The van der Waals surface area contributed by atoms with Crippen LogP contribution in [-0.4, -0.2) is 47.7 Å². The number of carboxylic acids is 1. The Balaban J connectivity index is 3.04. The number of hydrogen-bond donors (Lipinski definition) is 2. The fraction of sp³-hybridized carbons (Fsp3) is 0.655. The van der Waals surface area contributed by atoms with Gasteiger partial charge in [0, 0.05) is 13.0 Å². The molecule has 214 valence electrons. The van der Waals surface area contributed by atoms with Crippen LogP contribution in [0.25, 0.3) is 0 Å². The zero-order chi connectivity index (χ0) is 28.7.